The van der Waals surface area contributed by atoms with E-state index >= 15 is 0 Å². The molecule has 1 N–H and O–H groups in total. The van der Waals surface area contributed by atoms with Gasteiger partial charge in [-0.2, -0.15) is 5.26 Å². The van der Waals surface area contributed by atoms with Crippen molar-refractivity contribution in [3.8, 4) is 6.07 Å². The van der Waals surface area contributed by atoms with Crippen LogP contribution < -0.4 is 5.32 Å². The van der Waals surface area contributed by atoms with E-state index in [1.165, 1.54) is 0 Å². The van der Waals surface area contributed by atoms with Gasteiger partial charge in [0.2, 0.25) is 5.91 Å². The molecule has 1 aliphatic carbocycles. The highest BCUT2D eigenvalue weighted by Crippen LogP contribution is 2.51. The van der Waals surface area contributed by atoms with Crippen LogP contribution in [-0.2, 0) is 4.79 Å². The number of amides is 1. The SMILES string of the molecule is Cc1ccccc1C1=C[C@@]1(C#N)C(=O)NC(C)C. The van der Waals surface area contributed by atoms with Gasteiger partial charge in [0.25, 0.3) is 0 Å². The third-order valence-corrected chi connectivity index (χ3v) is 3.09. The summed E-state index contributed by atoms with van der Waals surface area (Å²) in [5.74, 6) is -0.224. The summed E-state index contributed by atoms with van der Waals surface area (Å²) in [6, 6.07) is 9.97. The Labute approximate surface area is 107 Å². The Hall–Kier alpha value is -2.08. The number of carbonyl (C=O) groups is 1. The molecule has 0 aromatic heterocycles. The molecule has 1 atom stereocenters. The highest BCUT2D eigenvalue weighted by molar-refractivity contribution is 6.11. The van der Waals surface area contributed by atoms with E-state index in [9.17, 15) is 10.1 Å². The van der Waals surface area contributed by atoms with E-state index in [2.05, 4.69) is 11.4 Å². The standard InChI is InChI=1S/C15H16N2O/c1-10(2)17-14(18)15(9-16)8-13(15)12-7-5-4-6-11(12)3/h4-8,10H,1-3H3,(H,17,18)/t15-/m0/s1. The molecule has 0 spiro atoms. The molecule has 2 rings (SSSR count). The lowest BCUT2D eigenvalue weighted by Gasteiger charge is -2.14. The molecule has 0 bridgehead atoms. The third kappa shape index (κ3) is 1.91. The van der Waals surface area contributed by atoms with Crippen LogP contribution in [0.2, 0.25) is 0 Å². The average molecular weight is 240 g/mol. The van der Waals surface area contributed by atoms with Crippen LogP contribution in [0.4, 0.5) is 0 Å². The predicted octanol–water partition coefficient (Wildman–Crippen LogP) is 2.43. The van der Waals surface area contributed by atoms with Crippen LogP contribution in [0.1, 0.15) is 25.0 Å². The van der Waals surface area contributed by atoms with Gasteiger partial charge in [0.1, 0.15) is 0 Å². The van der Waals surface area contributed by atoms with Crippen molar-refractivity contribution in [2.24, 2.45) is 5.41 Å². The number of rotatable bonds is 3. The zero-order valence-corrected chi connectivity index (χ0v) is 10.8. The van der Waals surface area contributed by atoms with Gasteiger partial charge in [-0.1, -0.05) is 24.3 Å². The maximum atomic E-state index is 12.1. The minimum absolute atomic E-state index is 0.0369. The average Bonchev–Trinajstić information content (AvgIpc) is 3.04. The number of benzene rings is 1. The molecule has 0 saturated carbocycles. The van der Waals surface area contributed by atoms with Gasteiger partial charge in [-0.25, -0.2) is 0 Å². The number of carbonyl (C=O) groups excluding carboxylic acids is 1. The van der Waals surface area contributed by atoms with Gasteiger partial charge in [-0.3, -0.25) is 4.79 Å². The Morgan fingerprint density at radius 2 is 2.06 bits per heavy atom. The van der Waals surface area contributed by atoms with Crippen molar-refractivity contribution in [3.63, 3.8) is 0 Å². The van der Waals surface area contributed by atoms with Crippen LogP contribution in [0.25, 0.3) is 5.57 Å². The first-order chi connectivity index (χ1) is 8.51. The highest BCUT2D eigenvalue weighted by atomic mass is 16.2. The normalized spacial score (nSPS) is 21.2. The van der Waals surface area contributed by atoms with Crippen molar-refractivity contribution < 1.29 is 4.79 Å². The molecule has 0 fully saturated rings. The maximum Gasteiger partial charge on any atom is 0.249 e. The van der Waals surface area contributed by atoms with E-state index in [-0.39, 0.29) is 11.9 Å². The molecule has 0 unspecified atom stereocenters. The highest BCUT2D eigenvalue weighted by Gasteiger charge is 2.52. The lowest BCUT2D eigenvalue weighted by Crippen LogP contribution is -2.37. The fourth-order valence-electron chi connectivity index (χ4n) is 2.05. The second-order valence-corrected chi connectivity index (χ2v) is 4.92. The molecule has 92 valence electrons. The Balaban J connectivity index is 2.26. The van der Waals surface area contributed by atoms with Gasteiger partial charge >= 0.3 is 0 Å². The largest absolute Gasteiger partial charge is 0.352 e. The molecule has 1 amide bonds. The van der Waals surface area contributed by atoms with Crippen LogP contribution in [-0.4, -0.2) is 11.9 Å². The van der Waals surface area contributed by atoms with E-state index in [4.69, 9.17) is 0 Å². The minimum atomic E-state index is -1.06. The first kappa shape index (κ1) is 12.4. The number of hydrogen-bond donors (Lipinski definition) is 1. The lowest BCUT2D eigenvalue weighted by molar-refractivity contribution is -0.123. The van der Waals surface area contributed by atoms with E-state index in [0.29, 0.717) is 0 Å². The monoisotopic (exact) mass is 240 g/mol. The first-order valence-electron chi connectivity index (χ1n) is 6.03. The summed E-state index contributed by atoms with van der Waals surface area (Å²) < 4.78 is 0. The van der Waals surface area contributed by atoms with E-state index in [1.807, 2.05) is 45.0 Å². The van der Waals surface area contributed by atoms with Crippen molar-refractivity contribution in [1.82, 2.24) is 5.32 Å². The van der Waals surface area contributed by atoms with E-state index in [0.717, 1.165) is 16.7 Å². The molecule has 0 aliphatic heterocycles. The van der Waals surface area contributed by atoms with E-state index in [1.54, 1.807) is 6.08 Å². The van der Waals surface area contributed by atoms with Crippen molar-refractivity contribution in [2.45, 2.75) is 26.8 Å². The fraction of sp³-hybridized carbons (Fsp3) is 0.333. The number of nitrogens with zero attached hydrogens (tertiary/aromatic N) is 1. The van der Waals surface area contributed by atoms with Crippen LogP contribution in [0.3, 0.4) is 0 Å². The summed E-state index contributed by atoms with van der Waals surface area (Å²) in [5, 5.41) is 12.1. The number of aryl methyl sites for hydroxylation is 1. The summed E-state index contributed by atoms with van der Waals surface area (Å²) >= 11 is 0. The summed E-state index contributed by atoms with van der Waals surface area (Å²) in [5.41, 5.74) is 1.83. The van der Waals surface area contributed by atoms with Crippen LogP contribution in [0.5, 0.6) is 0 Å². The molecular formula is C15H16N2O. The van der Waals surface area contributed by atoms with Gasteiger partial charge in [0, 0.05) is 6.04 Å². The minimum Gasteiger partial charge on any atom is -0.352 e. The second-order valence-electron chi connectivity index (χ2n) is 4.92. The zero-order chi connectivity index (χ0) is 13.3. The Kier molecular flexibility index (Phi) is 2.96. The molecule has 3 nitrogen and oxygen atoms in total. The molecule has 0 saturated heterocycles. The molecule has 1 aromatic carbocycles. The summed E-state index contributed by atoms with van der Waals surface area (Å²) in [6.45, 7) is 5.76. The molecule has 18 heavy (non-hydrogen) atoms. The van der Waals surface area contributed by atoms with Gasteiger partial charge in [0.05, 0.1) is 6.07 Å². The van der Waals surface area contributed by atoms with Crippen molar-refractivity contribution in [2.75, 3.05) is 0 Å². The zero-order valence-electron chi connectivity index (χ0n) is 10.8. The Bertz CT molecular complexity index is 566. The molecule has 0 radical (unpaired) electrons. The van der Waals surface area contributed by atoms with Crippen LogP contribution in [0, 0.1) is 23.7 Å². The molecular weight excluding hydrogens is 224 g/mol. The molecule has 1 aromatic rings. The molecule has 0 heterocycles. The van der Waals surface area contributed by atoms with Gasteiger partial charge in [0.15, 0.2) is 5.41 Å². The van der Waals surface area contributed by atoms with Crippen molar-refractivity contribution >= 4 is 11.5 Å². The smallest absolute Gasteiger partial charge is 0.249 e. The Morgan fingerprint density at radius 1 is 1.39 bits per heavy atom. The van der Waals surface area contributed by atoms with Gasteiger partial charge in [-0.15, -0.1) is 0 Å². The fourth-order valence-corrected chi connectivity index (χ4v) is 2.05. The molecule has 1 aliphatic rings. The summed E-state index contributed by atoms with van der Waals surface area (Å²) in [4.78, 5) is 12.1. The van der Waals surface area contributed by atoms with Crippen LogP contribution >= 0.6 is 0 Å². The third-order valence-electron chi connectivity index (χ3n) is 3.09. The quantitative estimate of drug-likeness (QED) is 0.882. The molecule has 3 heteroatoms. The second kappa shape index (κ2) is 4.30. The van der Waals surface area contributed by atoms with Gasteiger partial charge in [-0.05, 0) is 43.5 Å². The first-order valence-corrected chi connectivity index (χ1v) is 6.03. The topological polar surface area (TPSA) is 52.9 Å². The predicted molar refractivity (Wildman–Crippen MR) is 70.5 cm³/mol. The van der Waals surface area contributed by atoms with E-state index < -0.39 is 5.41 Å². The van der Waals surface area contributed by atoms with Crippen LogP contribution in [0.15, 0.2) is 30.3 Å². The number of nitrogens with one attached hydrogen (secondary N) is 1. The Morgan fingerprint density at radius 3 is 2.61 bits per heavy atom. The maximum absolute atomic E-state index is 12.1. The number of hydrogen-bond acceptors (Lipinski definition) is 2. The van der Waals surface area contributed by atoms with Crippen molar-refractivity contribution in [1.29, 1.82) is 5.26 Å². The summed E-state index contributed by atoms with van der Waals surface area (Å²) in [7, 11) is 0. The number of nitriles is 1. The summed E-state index contributed by atoms with van der Waals surface area (Å²) in [6.07, 6.45) is 1.74. The van der Waals surface area contributed by atoms with Crippen molar-refractivity contribution in [3.05, 3.63) is 41.5 Å². The lowest BCUT2D eigenvalue weighted by atomic mass is 9.94. The van der Waals surface area contributed by atoms with Gasteiger partial charge < -0.3 is 5.32 Å².